The monoisotopic (exact) mass is 331 g/mol. The van der Waals surface area contributed by atoms with E-state index in [1.54, 1.807) is 24.3 Å². The number of halogens is 2. The number of aromatic nitrogens is 2. The second-order valence-electron chi connectivity index (χ2n) is 4.78. The Morgan fingerprint density at radius 3 is 2.79 bits per heavy atom. The van der Waals surface area contributed by atoms with Gasteiger partial charge < -0.3 is 15.0 Å². The molecule has 24 heavy (non-hydrogen) atoms. The summed E-state index contributed by atoms with van der Waals surface area (Å²) in [6, 6.07) is 10.5. The number of hydrogen-bond acceptors (Lipinski definition) is 4. The molecule has 0 bridgehead atoms. The highest BCUT2D eigenvalue weighted by molar-refractivity contribution is 6.12. The first-order valence-corrected chi connectivity index (χ1v) is 6.88. The number of anilines is 1. The number of para-hydroxylation sites is 1. The van der Waals surface area contributed by atoms with E-state index >= 15 is 0 Å². The third-order valence-electron chi connectivity index (χ3n) is 3.21. The zero-order valence-corrected chi connectivity index (χ0v) is 12.1. The van der Waals surface area contributed by atoms with Gasteiger partial charge in [0.2, 0.25) is 5.56 Å². The Bertz CT molecular complexity index is 956. The number of benzene rings is 1. The molecule has 0 atom stereocenters. The molecule has 2 aromatic heterocycles. The first kappa shape index (κ1) is 15.6. The van der Waals surface area contributed by atoms with Crippen molar-refractivity contribution < 1.29 is 18.3 Å². The first-order chi connectivity index (χ1) is 11.5. The Morgan fingerprint density at radius 2 is 2.00 bits per heavy atom. The van der Waals surface area contributed by atoms with Crippen LogP contribution in [0.3, 0.4) is 0 Å². The molecule has 0 fully saturated rings. The maximum absolute atomic E-state index is 12.5. The van der Waals surface area contributed by atoms with Gasteiger partial charge in [-0.05, 0) is 18.2 Å². The number of H-pyrrole nitrogens is 1. The summed E-state index contributed by atoms with van der Waals surface area (Å²) in [6.45, 7) is -3.05. The molecule has 0 aliphatic carbocycles. The summed E-state index contributed by atoms with van der Waals surface area (Å²) in [5.74, 6) is -1.09. The molecule has 3 aromatic rings. The second-order valence-corrected chi connectivity index (χ2v) is 4.78. The number of nitrogens with zero attached hydrogens (tertiary/aromatic N) is 1. The summed E-state index contributed by atoms with van der Waals surface area (Å²) >= 11 is 0. The van der Waals surface area contributed by atoms with Crippen LogP contribution in [-0.2, 0) is 0 Å². The fourth-order valence-corrected chi connectivity index (χ4v) is 2.24. The van der Waals surface area contributed by atoms with Crippen molar-refractivity contribution in [3.05, 3.63) is 64.6 Å². The van der Waals surface area contributed by atoms with Gasteiger partial charge in [0.05, 0.1) is 5.56 Å². The van der Waals surface area contributed by atoms with Crippen molar-refractivity contribution in [2.24, 2.45) is 0 Å². The molecule has 0 saturated heterocycles. The molecule has 0 spiro atoms. The second kappa shape index (κ2) is 6.45. The molecule has 3 rings (SSSR count). The normalized spacial score (nSPS) is 10.8. The van der Waals surface area contributed by atoms with Crippen LogP contribution >= 0.6 is 0 Å². The van der Waals surface area contributed by atoms with E-state index in [4.69, 9.17) is 0 Å². The van der Waals surface area contributed by atoms with Crippen molar-refractivity contribution >= 4 is 22.6 Å². The summed E-state index contributed by atoms with van der Waals surface area (Å²) in [5.41, 5.74) is 0.132. The SMILES string of the molecule is O=C(Nc1ncccc1OC(F)F)c1cc(=O)[nH]c2ccccc12. The smallest absolute Gasteiger partial charge is 0.387 e. The lowest BCUT2D eigenvalue weighted by Gasteiger charge is -2.11. The summed E-state index contributed by atoms with van der Waals surface area (Å²) < 4.78 is 29.1. The van der Waals surface area contributed by atoms with Gasteiger partial charge >= 0.3 is 6.61 Å². The van der Waals surface area contributed by atoms with Crippen molar-refractivity contribution in [2.45, 2.75) is 6.61 Å². The van der Waals surface area contributed by atoms with Crippen LogP contribution in [0, 0.1) is 0 Å². The van der Waals surface area contributed by atoms with Crippen LogP contribution in [0.15, 0.2) is 53.5 Å². The minimum Gasteiger partial charge on any atom is -0.431 e. The zero-order valence-electron chi connectivity index (χ0n) is 12.1. The van der Waals surface area contributed by atoms with E-state index in [2.05, 4.69) is 20.0 Å². The fourth-order valence-electron chi connectivity index (χ4n) is 2.24. The summed E-state index contributed by atoms with van der Waals surface area (Å²) in [7, 11) is 0. The highest BCUT2D eigenvalue weighted by Gasteiger charge is 2.16. The van der Waals surface area contributed by atoms with Gasteiger partial charge in [-0.2, -0.15) is 8.78 Å². The Hall–Kier alpha value is -3.29. The standard InChI is InChI=1S/C16H11F2N3O3/c17-16(18)24-12-6-3-7-19-14(12)21-15(23)10-8-13(22)20-11-5-2-1-4-9(10)11/h1-8,16H,(H,20,22)(H,19,21,23). The van der Waals surface area contributed by atoms with Crippen LogP contribution in [0.4, 0.5) is 14.6 Å². The van der Waals surface area contributed by atoms with Crippen LogP contribution in [-0.4, -0.2) is 22.5 Å². The largest absolute Gasteiger partial charge is 0.431 e. The lowest BCUT2D eigenvalue weighted by molar-refractivity contribution is -0.0495. The molecule has 0 saturated carbocycles. The summed E-state index contributed by atoms with van der Waals surface area (Å²) in [6.07, 6.45) is 1.32. The molecule has 0 aliphatic rings. The number of ether oxygens (including phenoxy) is 1. The molecule has 1 amide bonds. The third-order valence-corrected chi connectivity index (χ3v) is 3.21. The fraction of sp³-hybridized carbons (Fsp3) is 0.0625. The predicted molar refractivity (Wildman–Crippen MR) is 83.4 cm³/mol. The lowest BCUT2D eigenvalue weighted by Crippen LogP contribution is -2.18. The van der Waals surface area contributed by atoms with E-state index in [0.717, 1.165) is 6.07 Å². The molecule has 122 valence electrons. The van der Waals surface area contributed by atoms with E-state index in [9.17, 15) is 18.4 Å². The van der Waals surface area contributed by atoms with Gasteiger partial charge in [0.1, 0.15) is 0 Å². The minimum atomic E-state index is -3.05. The van der Waals surface area contributed by atoms with Gasteiger partial charge in [0.25, 0.3) is 5.91 Å². The number of carbonyl (C=O) groups is 1. The molecule has 2 N–H and O–H groups in total. The van der Waals surface area contributed by atoms with Crippen molar-refractivity contribution in [1.82, 2.24) is 9.97 Å². The Labute approximate surface area is 134 Å². The predicted octanol–water partition coefficient (Wildman–Crippen LogP) is 2.78. The summed E-state index contributed by atoms with van der Waals surface area (Å²) in [4.78, 5) is 30.6. The van der Waals surface area contributed by atoms with Crippen LogP contribution in [0.1, 0.15) is 10.4 Å². The molecule has 0 aliphatic heterocycles. The average Bonchev–Trinajstić information content (AvgIpc) is 2.55. The molecular formula is C16H11F2N3O3. The zero-order chi connectivity index (χ0) is 17.1. The first-order valence-electron chi connectivity index (χ1n) is 6.88. The molecule has 6 nitrogen and oxygen atoms in total. The van der Waals surface area contributed by atoms with E-state index in [0.29, 0.717) is 10.9 Å². The van der Waals surface area contributed by atoms with Crippen molar-refractivity contribution in [2.75, 3.05) is 5.32 Å². The molecule has 1 aromatic carbocycles. The van der Waals surface area contributed by atoms with Crippen molar-refractivity contribution in [1.29, 1.82) is 0 Å². The van der Waals surface area contributed by atoms with E-state index < -0.39 is 18.1 Å². The Morgan fingerprint density at radius 1 is 1.21 bits per heavy atom. The average molecular weight is 331 g/mol. The number of nitrogens with one attached hydrogen (secondary N) is 2. The van der Waals surface area contributed by atoms with E-state index in [-0.39, 0.29) is 17.1 Å². The lowest BCUT2D eigenvalue weighted by atomic mass is 10.1. The number of pyridine rings is 2. The van der Waals surface area contributed by atoms with Crippen molar-refractivity contribution in [3.8, 4) is 5.75 Å². The maximum Gasteiger partial charge on any atom is 0.387 e. The van der Waals surface area contributed by atoms with Gasteiger partial charge in [-0.25, -0.2) is 4.98 Å². The molecule has 0 radical (unpaired) electrons. The highest BCUT2D eigenvalue weighted by atomic mass is 19.3. The van der Waals surface area contributed by atoms with E-state index in [1.807, 2.05) is 0 Å². The van der Waals surface area contributed by atoms with Gasteiger partial charge in [-0.15, -0.1) is 0 Å². The quantitative estimate of drug-likeness (QED) is 0.770. The minimum absolute atomic E-state index is 0.100. The molecular weight excluding hydrogens is 320 g/mol. The molecule has 8 heteroatoms. The molecule has 0 unspecified atom stereocenters. The molecule has 2 heterocycles. The number of carbonyl (C=O) groups excluding carboxylic acids is 1. The van der Waals surface area contributed by atoms with Crippen LogP contribution < -0.4 is 15.6 Å². The number of fused-ring (bicyclic) bond motifs is 1. The van der Waals surface area contributed by atoms with Gasteiger partial charge in [-0.1, -0.05) is 18.2 Å². The Balaban J connectivity index is 1.99. The van der Waals surface area contributed by atoms with Gasteiger partial charge in [0, 0.05) is 23.2 Å². The van der Waals surface area contributed by atoms with Crippen LogP contribution in [0.2, 0.25) is 0 Å². The number of alkyl halides is 2. The number of amides is 1. The van der Waals surface area contributed by atoms with Gasteiger partial charge in [-0.3, -0.25) is 9.59 Å². The number of hydrogen-bond donors (Lipinski definition) is 2. The third kappa shape index (κ3) is 3.22. The number of rotatable bonds is 4. The maximum atomic E-state index is 12.5. The Kier molecular flexibility index (Phi) is 4.19. The van der Waals surface area contributed by atoms with Crippen LogP contribution in [0.25, 0.3) is 10.9 Å². The van der Waals surface area contributed by atoms with Crippen LogP contribution in [0.5, 0.6) is 5.75 Å². The summed E-state index contributed by atoms with van der Waals surface area (Å²) in [5, 5.41) is 2.91. The highest BCUT2D eigenvalue weighted by Crippen LogP contribution is 2.24. The van der Waals surface area contributed by atoms with Crippen molar-refractivity contribution in [3.63, 3.8) is 0 Å². The van der Waals surface area contributed by atoms with Gasteiger partial charge in [0.15, 0.2) is 11.6 Å². The van der Waals surface area contributed by atoms with E-state index in [1.165, 1.54) is 18.3 Å². The topological polar surface area (TPSA) is 84.1 Å². The number of aromatic amines is 1.